The first-order valence-corrected chi connectivity index (χ1v) is 64.5. The Bertz CT molecular complexity index is 1830. The molecular formula is C132H276. The summed E-state index contributed by atoms with van der Waals surface area (Å²) in [6.07, 6.45) is 136. The lowest BCUT2D eigenvalue weighted by Crippen LogP contribution is -2.30. The normalized spacial score (nSPS) is 16.1. The molecule has 0 aromatic heterocycles. The summed E-state index contributed by atoms with van der Waals surface area (Å²) in [4.78, 5) is 0. The van der Waals surface area contributed by atoms with Gasteiger partial charge in [0.05, 0.1) is 0 Å². The fourth-order valence-corrected chi connectivity index (χ4v) is 24.1. The Morgan fingerprint density at radius 3 is 0.462 bits per heavy atom. The Hall–Kier alpha value is 0. The van der Waals surface area contributed by atoms with Crippen LogP contribution in [0.5, 0.6) is 0 Å². The van der Waals surface area contributed by atoms with E-state index < -0.39 is 0 Å². The molecule has 3 aliphatic rings. The molecule has 0 amide bonds. The Morgan fingerprint density at radius 1 is 0.144 bits per heavy atom. The van der Waals surface area contributed by atoms with Crippen LogP contribution < -0.4 is 0 Å². The lowest BCUT2D eigenvalue weighted by Gasteiger charge is -2.43. The van der Waals surface area contributed by atoms with Gasteiger partial charge in [-0.1, -0.05) is 701 Å². The van der Waals surface area contributed by atoms with Gasteiger partial charge < -0.3 is 0 Å². The van der Waals surface area contributed by atoms with Crippen molar-refractivity contribution in [3.05, 3.63) is 0 Å². The lowest BCUT2D eigenvalue weighted by molar-refractivity contribution is 0.0899. The average molecular weight is 1860 g/mol. The number of unbranched alkanes of at least 4 members (excludes halogenated alkanes) is 40. The summed E-state index contributed by atoms with van der Waals surface area (Å²) in [7, 11) is 0. The van der Waals surface area contributed by atoms with Gasteiger partial charge in [-0.25, -0.2) is 0 Å². The molecule has 0 saturated heterocycles. The van der Waals surface area contributed by atoms with Crippen LogP contribution in [0.15, 0.2) is 0 Å². The molecule has 3 rings (SSSR count). The van der Waals surface area contributed by atoms with Gasteiger partial charge in [0.15, 0.2) is 0 Å². The van der Waals surface area contributed by atoms with Crippen LogP contribution in [0.2, 0.25) is 0 Å². The van der Waals surface area contributed by atoms with Crippen LogP contribution in [0.1, 0.15) is 778 Å². The van der Waals surface area contributed by atoms with Crippen molar-refractivity contribution in [3.8, 4) is 0 Å². The molecule has 0 N–H and O–H groups in total. The van der Waals surface area contributed by atoms with Gasteiger partial charge in [-0.05, 0) is 152 Å². The highest BCUT2D eigenvalue weighted by molar-refractivity contribution is 4.91. The van der Waals surface area contributed by atoms with Crippen molar-refractivity contribution in [2.75, 3.05) is 0 Å². The maximum absolute atomic E-state index is 2.56. The summed E-state index contributed by atoms with van der Waals surface area (Å²) in [5.41, 5.74) is 2.10. The van der Waals surface area contributed by atoms with Gasteiger partial charge in [0.1, 0.15) is 0 Å². The molecule has 132 heavy (non-hydrogen) atoms. The molecular weight excluding hydrogens is 1590 g/mol. The first kappa shape index (κ1) is 143. The molecule has 3 saturated carbocycles. The predicted molar refractivity (Wildman–Crippen MR) is 621 cm³/mol. The third kappa shape index (κ3) is 96.1. The van der Waals surface area contributed by atoms with E-state index in [4.69, 9.17) is 0 Å². The van der Waals surface area contributed by atoms with Crippen molar-refractivity contribution in [2.45, 2.75) is 778 Å². The minimum Gasteiger partial charge on any atom is -0.0683 e. The second-order valence-electron chi connectivity index (χ2n) is 45.9. The van der Waals surface area contributed by atoms with Gasteiger partial charge in [-0.15, -0.1) is 0 Å². The summed E-state index contributed by atoms with van der Waals surface area (Å²) in [6.45, 7) is 62.4. The Balaban J connectivity index is -0.000000428. The molecule has 0 bridgehead atoms. The van der Waals surface area contributed by atoms with Crippen LogP contribution >= 0.6 is 0 Å². The number of hydrogen-bond acceptors (Lipinski definition) is 0. The van der Waals surface area contributed by atoms with Gasteiger partial charge in [0.2, 0.25) is 0 Å². The minimum atomic E-state index is 0.693. The summed E-state index contributed by atoms with van der Waals surface area (Å²) in [5.74, 6) is 9.56. The van der Waals surface area contributed by atoms with Crippen molar-refractivity contribution < 1.29 is 0 Å². The summed E-state index contributed by atoms with van der Waals surface area (Å²) < 4.78 is 0. The van der Waals surface area contributed by atoms with Crippen LogP contribution in [0.3, 0.4) is 0 Å². The van der Waals surface area contributed by atoms with E-state index in [0.717, 1.165) is 59.2 Å². The third-order valence-corrected chi connectivity index (χ3v) is 32.4. The predicted octanol–water partition coefficient (Wildman–Crippen LogP) is 51.1. The van der Waals surface area contributed by atoms with Crippen molar-refractivity contribution in [1.82, 2.24) is 0 Å². The van der Waals surface area contributed by atoms with Crippen LogP contribution in [-0.2, 0) is 0 Å². The zero-order valence-corrected chi connectivity index (χ0v) is 99.6. The standard InChI is InChI=1S/C46H92.C38H76.C36H72.6C2H6/c1-5-9-13-17-21-23-27-32-38-44(36-30-25-19-15-11-7-3)42-46(40-34-29-35-41-46)43-45(37-31-26-20-16-12-8-4)39-33-28-24-22-18-14-10-6-2;1-5-9-13-17-19-24-30-36(28-22-15-11-7-3)34-38(32-26-21-27-33-38)35-37(29-23-16-12-8-4)31-25-20-18-14-10-6-2;1-30(2)16-12-18-32(5)20-14-22-34(7)24-28-36(26-10-9-11-27-36)29-25-35(8)23-15-21-33(6)19-13-17-31(3)4;6*1-2/h44-45H,5-43H2,1-4H3;36-37H,5-35H2,1-4H3;30-35H,9-29H2,1-8H3;6*1-2H3. The van der Waals surface area contributed by atoms with Crippen LogP contribution in [0, 0.1) is 75.4 Å². The van der Waals surface area contributed by atoms with E-state index in [1.807, 2.05) is 83.1 Å². The SMILES string of the molecule is CC.CC.CC.CC.CC.CC.CC(C)CCCC(C)CCCC(C)CCC1(CCC(C)CCCC(C)CCCC(C)C)CCCCC1.CCCCCCCCC(CCCCCC)CC1(CC(CCCCCC)CCCCCCCC)CCCCC1.CCCCCCCCCCC(CCCCCCCC)CC1(CC(CCCCCCCC)CCCCCCCCCC)CCCCC1. The molecule has 8 unspecified atom stereocenters. The van der Waals surface area contributed by atoms with Gasteiger partial charge in [0, 0.05) is 0 Å². The summed E-state index contributed by atoms with van der Waals surface area (Å²) in [5, 5.41) is 0. The van der Waals surface area contributed by atoms with E-state index in [1.165, 1.54) is 494 Å². The number of hydrogen-bond donors (Lipinski definition) is 0. The van der Waals surface area contributed by atoms with Crippen molar-refractivity contribution in [2.24, 2.45) is 75.4 Å². The fraction of sp³-hybridized carbons (Fsp3) is 1.00. The monoisotopic (exact) mass is 1860 g/mol. The number of rotatable bonds is 86. The zero-order chi connectivity index (χ0) is 99.6. The van der Waals surface area contributed by atoms with E-state index in [2.05, 4.69) is 111 Å². The maximum atomic E-state index is 2.56. The van der Waals surface area contributed by atoms with Gasteiger partial charge in [-0.3, -0.25) is 0 Å². The van der Waals surface area contributed by atoms with Crippen molar-refractivity contribution >= 4 is 0 Å². The first-order chi connectivity index (χ1) is 64.5. The molecule has 0 aliphatic heterocycles. The third-order valence-electron chi connectivity index (χ3n) is 32.4. The highest BCUT2D eigenvalue weighted by atomic mass is 14.4. The molecule has 0 aromatic rings. The Labute approximate surface area is 848 Å². The molecule has 3 fully saturated rings. The van der Waals surface area contributed by atoms with Crippen molar-refractivity contribution in [1.29, 1.82) is 0 Å². The second-order valence-corrected chi connectivity index (χ2v) is 45.9. The molecule has 0 radical (unpaired) electrons. The maximum Gasteiger partial charge on any atom is -0.0292 e. The van der Waals surface area contributed by atoms with Crippen LogP contribution in [0.4, 0.5) is 0 Å². The van der Waals surface area contributed by atoms with Crippen molar-refractivity contribution in [3.63, 3.8) is 0 Å². The molecule has 0 nitrogen and oxygen atoms in total. The van der Waals surface area contributed by atoms with E-state index >= 15 is 0 Å². The molecule has 0 heteroatoms. The quantitative estimate of drug-likeness (QED) is 0.0533. The smallest absolute Gasteiger partial charge is 0.0292 e. The van der Waals surface area contributed by atoms with Crippen LogP contribution in [-0.4, -0.2) is 0 Å². The zero-order valence-electron chi connectivity index (χ0n) is 99.6. The fourth-order valence-electron chi connectivity index (χ4n) is 24.1. The largest absolute Gasteiger partial charge is 0.0683 e. The average Bonchev–Trinajstić information content (AvgIpc) is 0.865. The first-order valence-electron chi connectivity index (χ1n) is 64.5. The van der Waals surface area contributed by atoms with Gasteiger partial charge in [-0.2, -0.15) is 0 Å². The topological polar surface area (TPSA) is 0 Å². The lowest BCUT2D eigenvalue weighted by atomic mass is 9.63. The highest BCUT2D eigenvalue weighted by Crippen LogP contribution is 2.52. The van der Waals surface area contributed by atoms with Crippen LogP contribution in [0.25, 0.3) is 0 Å². The second kappa shape index (κ2) is 115. The van der Waals surface area contributed by atoms with Gasteiger partial charge >= 0.3 is 0 Å². The highest BCUT2D eigenvalue weighted by Gasteiger charge is 2.39. The molecule has 8 atom stereocenters. The van der Waals surface area contributed by atoms with E-state index in [-0.39, 0.29) is 0 Å². The summed E-state index contributed by atoms with van der Waals surface area (Å²) in [6, 6.07) is 0. The molecule has 804 valence electrons. The molecule has 0 heterocycles. The van der Waals surface area contributed by atoms with E-state index in [0.29, 0.717) is 16.2 Å². The minimum absolute atomic E-state index is 0.693. The Kier molecular flexibility index (Phi) is 124. The van der Waals surface area contributed by atoms with E-state index in [9.17, 15) is 0 Å². The molecule has 0 spiro atoms. The molecule has 0 aromatic carbocycles. The summed E-state index contributed by atoms with van der Waals surface area (Å²) >= 11 is 0. The Morgan fingerprint density at radius 2 is 0.288 bits per heavy atom. The van der Waals surface area contributed by atoms with E-state index in [1.54, 1.807) is 89.9 Å². The van der Waals surface area contributed by atoms with Gasteiger partial charge in [0.25, 0.3) is 0 Å². The molecule has 3 aliphatic carbocycles.